The molecule has 0 radical (unpaired) electrons. The van der Waals surface area contributed by atoms with Crippen LogP contribution in [0.5, 0.6) is 0 Å². The first-order valence-electron chi connectivity index (χ1n) is 7.50. The summed E-state index contributed by atoms with van der Waals surface area (Å²) >= 11 is 0. The van der Waals surface area contributed by atoms with Crippen LogP contribution < -0.4 is 0 Å². The maximum atomic E-state index is 12.8. The molecule has 2 fully saturated rings. The van der Waals surface area contributed by atoms with Crippen molar-refractivity contribution in [1.29, 1.82) is 0 Å². The van der Waals surface area contributed by atoms with E-state index >= 15 is 0 Å². The number of ether oxygens (including phenoxy) is 2. The number of allylic oxidation sites excluding steroid dienone is 2. The van der Waals surface area contributed by atoms with E-state index in [1.54, 1.807) is 0 Å². The van der Waals surface area contributed by atoms with Gasteiger partial charge in [0.05, 0.1) is 13.2 Å². The smallest absolute Gasteiger partial charge is 0.169 e. The van der Waals surface area contributed by atoms with Crippen molar-refractivity contribution in [2.24, 2.45) is 23.2 Å². The lowest BCUT2D eigenvalue weighted by Crippen LogP contribution is -2.57. The number of rotatable bonds is 0. The minimum Gasteiger partial charge on any atom is -0.347 e. The number of hydrogen-bond acceptors (Lipinski definition) is 3. The van der Waals surface area contributed by atoms with Gasteiger partial charge in [0.15, 0.2) is 11.6 Å². The zero-order chi connectivity index (χ0) is 13.4. The van der Waals surface area contributed by atoms with Gasteiger partial charge in [-0.15, -0.1) is 0 Å². The molecule has 19 heavy (non-hydrogen) atoms. The molecular formula is C16H22O3. The zero-order valence-corrected chi connectivity index (χ0v) is 12.0. The number of hydrogen-bond donors (Lipinski definition) is 0. The van der Waals surface area contributed by atoms with Gasteiger partial charge in [-0.2, -0.15) is 0 Å². The molecule has 0 aromatic carbocycles. The van der Waals surface area contributed by atoms with Crippen molar-refractivity contribution in [3.05, 3.63) is 11.1 Å². The minimum absolute atomic E-state index is 0.0661. The first-order valence-corrected chi connectivity index (χ1v) is 7.50. The van der Waals surface area contributed by atoms with E-state index in [0.717, 1.165) is 24.8 Å². The van der Waals surface area contributed by atoms with Crippen LogP contribution in [-0.4, -0.2) is 24.8 Å². The highest BCUT2D eigenvalue weighted by Gasteiger charge is 2.61. The molecule has 1 spiro atoms. The Hall–Kier alpha value is -0.670. The maximum absolute atomic E-state index is 12.8. The fourth-order valence-corrected chi connectivity index (χ4v) is 4.86. The fourth-order valence-electron chi connectivity index (χ4n) is 4.86. The largest absolute Gasteiger partial charge is 0.347 e. The van der Waals surface area contributed by atoms with Crippen LogP contribution in [0.4, 0.5) is 0 Å². The second-order valence-electron chi connectivity index (χ2n) is 7.35. The Balaban J connectivity index is 1.80. The Morgan fingerprint density at radius 2 is 1.74 bits per heavy atom. The van der Waals surface area contributed by atoms with E-state index in [2.05, 4.69) is 20.8 Å². The summed E-state index contributed by atoms with van der Waals surface area (Å²) in [5, 5.41) is 0. The minimum atomic E-state index is -0.460. The Morgan fingerprint density at radius 3 is 2.37 bits per heavy atom. The summed E-state index contributed by atoms with van der Waals surface area (Å²) in [4.78, 5) is 12.8. The van der Waals surface area contributed by atoms with E-state index in [-0.39, 0.29) is 11.3 Å². The lowest BCUT2D eigenvalue weighted by Gasteiger charge is -2.57. The van der Waals surface area contributed by atoms with Crippen molar-refractivity contribution in [2.45, 2.75) is 45.8 Å². The molecule has 3 atom stereocenters. The van der Waals surface area contributed by atoms with E-state index in [9.17, 15) is 4.79 Å². The lowest BCUT2D eigenvalue weighted by atomic mass is 9.48. The lowest BCUT2D eigenvalue weighted by molar-refractivity contribution is -0.219. The van der Waals surface area contributed by atoms with Gasteiger partial charge < -0.3 is 9.47 Å². The highest BCUT2D eigenvalue weighted by molar-refractivity contribution is 6.01. The Labute approximate surface area is 114 Å². The third-order valence-corrected chi connectivity index (χ3v) is 6.01. The molecule has 0 aromatic heterocycles. The zero-order valence-electron chi connectivity index (χ0n) is 12.0. The Kier molecular flexibility index (Phi) is 2.23. The van der Waals surface area contributed by atoms with Gasteiger partial charge in [-0.05, 0) is 29.2 Å². The normalized spacial score (nSPS) is 42.3. The van der Waals surface area contributed by atoms with Crippen LogP contribution >= 0.6 is 0 Å². The van der Waals surface area contributed by atoms with Crippen LogP contribution in [0.15, 0.2) is 11.1 Å². The molecule has 1 aliphatic heterocycles. The average molecular weight is 262 g/mol. The average Bonchev–Trinajstić information content (AvgIpc) is 2.76. The van der Waals surface area contributed by atoms with Gasteiger partial charge >= 0.3 is 0 Å². The van der Waals surface area contributed by atoms with Crippen molar-refractivity contribution in [3.8, 4) is 0 Å². The van der Waals surface area contributed by atoms with E-state index < -0.39 is 5.79 Å². The third kappa shape index (κ3) is 1.38. The van der Waals surface area contributed by atoms with Gasteiger partial charge in [-0.3, -0.25) is 4.79 Å². The summed E-state index contributed by atoms with van der Waals surface area (Å²) in [7, 11) is 0. The third-order valence-electron chi connectivity index (χ3n) is 6.01. The second kappa shape index (κ2) is 3.50. The molecule has 4 rings (SSSR count). The van der Waals surface area contributed by atoms with Crippen LogP contribution in [0.25, 0.3) is 0 Å². The SMILES string of the molecule is C[C@H]1CC2=C1C(=O)[C@H]1CC3(C[C@@H]2C1(C)C)OCCO3. The van der Waals surface area contributed by atoms with Crippen LogP contribution in [0.1, 0.15) is 40.0 Å². The molecule has 0 amide bonds. The molecule has 1 saturated carbocycles. The van der Waals surface area contributed by atoms with Gasteiger partial charge in [0, 0.05) is 18.8 Å². The van der Waals surface area contributed by atoms with Crippen molar-refractivity contribution in [2.75, 3.05) is 13.2 Å². The highest BCUT2D eigenvalue weighted by atomic mass is 16.7. The van der Waals surface area contributed by atoms with Crippen LogP contribution in [0, 0.1) is 23.2 Å². The molecule has 1 saturated heterocycles. The topological polar surface area (TPSA) is 35.5 Å². The molecule has 1 heterocycles. The molecular weight excluding hydrogens is 240 g/mol. The monoisotopic (exact) mass is 262 g/mol. The number of carbonyl (C=O) groups is 1. The molecule has 3 heteroatoms. The predicted octanol–water partition coefficient (Wildman–Crippen LogP) is 2.70. The van der Waals surface area contributed by atoms with Gasteiger partial charge in [-0.1, -0.05) is 26.3 Å². The molecule has 3 aliphatic carbocycles. The number of ketones is 1. The van der Waals surface area contributed by atoms with Gasteiger partial charge in [0.2, 0.25) is 0 Å². The summed E-state index contributed by atoms with van der Waals surface area (Å²) in [6.07, 6.45) is 2.78. The molecule has 0 unspecified atom stereocenters. The predicted molar refractivity (Wildman–Crippen MR) is 70.4 cm³/mol. The molecule has 4 aliphatic rings. The Morgan fingerprint density at radius 1 is 1.11 bits per heavy atom. The van der Waals surface area contributed by atoms with Crippen molar-refractivity contribution >= 4 is 5.78 Å². The van der Waals surface area contributed by atoms with Crippen molar-refractivity contribution < 1.29 is 14.3 Å². The van der Waals surface area contributed by atoms with E-state index in [1.807, 2.05) is 0 Å². The van der Waals surface area contributed by atoms with Crippen LogP contribution in [0.3, 0.4) is 0 Å². The van der Waals surface area contributed by atoms with Crippen molar-refractivity contribution in [3.63, 3.8) is 0 Å². The van der Waals surface area contributed by atoms with Gasteiger partial charge in [0.1, 0.15) is 0 Å². The standard InChI is InChI=1S/C16H22O3/c1-9-6-10-11-7-16(18-4-5-19-16)8-12(15(11,2)3)14(17)13(9)10/h9,11-12H,4-8H2,1-3H3/t9-,11-,12+/m0/s1. The summed E-state index contributed by atoms with van der Waals surface area (Å²) in [5.41, 5.74) is 2.63. The van der Waals surface area contributed by atoms with Gasteiger partial charge in [-0.25, -0.2) is 0 Å². The van der Waals surface area contributed by atoms with Crippen molar-refractivity contribution in [1.82, 2.24) is 0 Å². The van der Waals surface area contributed by atoms with E-state index in [0.29, 0.717) is 30.8 Å². The molecule has 0 aromatic rings. The van der Waals surface area contributed by atoms with E-state index in [4.69, 9.17) is 9.47 Å². The second-order valence-corrected chi connectivity index (χ2v) is 7.35. The first-order chi connectivity index (χ1) is 8.95. The number of Topliss-reactive ketones (excluding diaryl/α,β-unsaturated/α-hetero) is 1. The Bertz CT molecular complexity index is 482. The summed E-state index contributed by atoms with van der Waals surface area (Å²) in [6, 6.07) is 0. The molecule has 0 N–H and O–H groups in total. The summed E-state index contributed by atoms with van der Waals surface area (Å²) in [5.74, 6) is 0.938. The van der Waals surface area contributed by atoms with Gasteiger partial charge in [0.25, 0.3) is 0 Å². The first kappa shape index (κ1) is 12.1. The highest BCUT2D eigenvalue weighted by Crippen LogP contribution is 2.62. The molecule has 2 bridgehead atoms. The maximum Gasteiger partial charge on any atom is 0.169 e. The fraction of sp³-hybridized carbons (Fsp3) is 0.812. The quantitative estimate of drug-likeness (QED) is 0.673. The molecule has 3 nitrogen and oxygen atoms in total. The summed E-state index contributed by atoms with van der Waals surface area (Å²) in [6.45, 7) is 8.06. The molecule has 104 valence electrons. The summed E-state index contributed by atoms with van der Waals surface area (Å²) < 4.78 is 11.8. The van der Waals surface area contributed by atoms with Crippen LogP contribution in [-0.2, 0) is 14.3 Å². The number of carbonyl (C=O) groups excluding carboxylic acids is 1. The number of fused-ring (bicyclic) bond motifs is 3. The van der Waals surface area contributed by atoms with E-state index in [1.165, 1.54) is 5.57 Å². The van der Waals surface area contributed by atoms with Crippen LogP contribution in [0.2, 0.25) is 0 Å².